The van der Waals surface area contributed by atoms with Gasteiger partial charge in [-0.1, -0.05) is 48.5 Å². The average Bonchev–Trinajstić information content (AvgIpc) is 3.36. The zero-order valence-electron chi connectivity index (χ0n) is 14.4. The Bertz CT molecular complexity index is 1190. The normalized spacial score (nSPS) is 12.4. The molecule has 1 unspecified atom stereocenters. The molecule has 132 valence electrons. The topological polar surface area (TPSA) is 83.8 Å². The minimum atomic E-state index is 0.175. The number of para-hydroxylation sites is 1. The van der Waals surface area contributed by atoms with Crippen molar-refractivity contribution in [3.8, 4) is 0 Å². The fourth-order valence-corrected chi connectivity index (χ4v) is 3.43. The van der Waals surface area contributed by atoms with Crippen molar-refractivity contribution in [2.24, 2.45) is 0 Å². The Kier molecular flexibility index (Phi) is 3.75. The van der Waals surface area contributed by atoms with Gasteiger partial charge in [0.1, 0.15) is 5.82 Å². The van der Waals surface area contributed by atoms with Gasteiger partial charge in [-0.15, -0.1) is 14.8 Å². The van der Waals surface area contributed by atoms with E-state index in [-0.39, 0.29) is 5.92 Å². The van der Waals surface area contributed by atoms with Crippen LogP contribution in [0.5, 0.6) is 0 Å². The number of tetrazole rings is 1. The Balaban J connectivity index is 1.50. The van der Waals surface area contributed by atoms with Gasteiger partial charge in [0.15, 0.2) is 5.65 Å². The van der Waals surface area contributed by atoms with Gasteiger partial charge in [0.2, 0.25) is 0 Å². The van der Waals surface area contributed by atoms with Crippen LogP contribution in [0.4, 0.5) is 5.82 Å². The molecule has 0 radical (unpaired) electrons. The summed E-state index contributed by atoms with van der Waals surface area (Å²) in [5.41, 5.74) is 4.27. The summed E-state index contributed by atoms with van der Waals surface area (Å²) in [5, 5.41) is 20.4. The first-order valence-corrected chi connectivity index (χ1v) is 8.79. The number of hydrogen-bond acceptors (Lipinski definition) is 5. The molecule has 3 aromatic heterocycles. The summed E-state index contributed by atoms with van der Waals surface area (Å²) in [6.07, 6.45) is 2.10. The number of anilines is 1. The summed E-state index contributed by atoms with van der Waals surface area (Å²) < 4.78 is 1.42. The van der Waals surface area contributed by atoms with E-state index in [4.69, 9.17) is 0 Å². The molecule has 5 aromatic rings. The molecule has 0 bridgehead atoms. The number of nitrogens with zero attached hydrogens (tertiary/aromatic N) is 5. The largest absolute Gasteiger partial charge is 0.368 e. The van der Waals surface area contributed by atoms with Gasteiger partial charge >= 0.3 is 0 Å². The first kappa shape index (κ1) is 15.5. The predicted octanol–water partition coefficient (Wildman–Crippen LogP) is 3.24. The fraction of sp³-hybridized carbons (Fsp3) is 0.100. The first-order chi connectivity index (χ1) is 13.4. The van der Waals surface area contributed by atoms with Gasteiger partial charge in [-0.3, -0.25) is 0 Å². The highest BCUT2D eigenvalue weighted by atomic mass is 15.6. The lowest BCUT2D eigenvalue weighted by atomic mass is 9.91. The molecule has 5 rings (SSSR count). The number of hydrogen-bond donors (Lipinski definition) is 2. The minimum absolute atomic E-state index is 0.175. The molecule has 0 fully saturated rings. The number of aromatic amines is 1. The number of benzene rings is 2. The van der Waals surface area contributed by atoms with E-state index in [0.717, 1.165) is 11.3 Å². The van der Waals surface area contributed by atoms with Crippen LogP contribution in [-0.4, -0.2) is 36.8 Å². The fourth-order valence-electron chi connectivity index (χ4n) is 3.43. The molecule has 0 amide bonds. The highest BCUT2D eigenvalue weighted by Crippen LogP contribution is 2.31. The maximum absolute atomic E-state index is 4.41. The van der Waals surface area contributed by atoms with Crippen molar-refractivity contribution in [1.82, 2.24) is 30.2 Å². The van der Waals surface area contributed by atoms with E-state index in [2.05, 4.69) is 79.6 Å². The monoisotopic (exact) mass is 355 g/mol. The van der Waals surface area contributed by atoms with Crippen LogP contribution in [0.2, 0.25) is 0 Å². The second kappa shape index (κ2) is 6.53. The molecule has 0 saturated carbocycles. The van der Waals surface area contributed by atoms with Crippen molar-refractivity contribution < 1.29 is 0 Å². The molecule has 2 aromatic carbocycles. The van der Waals surface area contributed by atoms with Crippen molar-refractivity contribution in [1.29, 1.82) is 0 Å². The van der Waals surface area contributed by atoms with Gasteiger partial charge in [-0.2, -0.15) is 0 Å². The summed E-state index contributed by atoms with van der Waals surface area (Å²) in [7, 11) is 0. The lowest BCUT2D eigenvalue weighted by Crippen LogP contribution is -2.15. The quantitative estimate of drug-likeness (QED) is 0.506. The van der Waals surface area contributed by atoms with Crippen LogP contribution in [0.1, 0.15) is 17.0 Å². The zero-order chi connectivity index (χ0) is 18.1. The van der Waals surface area contributed by atoms with Crippen LogP contribution in [0.15, 0.2) is 72.9 Å². The highest BCUT2D eigenvalue weighted by molar-refractivity contribution is 5.84. The van der Waals surface area contributed by atoms with Crippen LogP contribution >= 0.6 is 0 Å². The molecule has 0 aliphatic heterocycles. The Hall–Kier alpha value is -3.74. The van der Waals surface area contributed by atoms with E-state index >= 15 is 0 Å². The summed E-state index contributed by atoms with van der Waals surface area (Å²) in [6, 6.07) is 22.6. The molecule has 0 saturated heterocycles. The van der Waals surface area contributed by atoms with Crippen LogP contribution in [0, 0.1) is 0 Å². The molecule has 27 heavy (non-hydrogen) atoms. The first-order valence-electron chi connectivity index (χ1n) is 8.79. The van der Waals surface area contributed by atoms with Crippen LogP contribution in [0.25, 0.3) is 16.6 Å². The molecule has 0 aliphatic rings. The maximum Gasteiger partial charge on any atom is 0.200 e. The van der Waals surface area contributed by atoms with E-state index in [0.29, 0.717) is 12.2 Å². The number of nitrogens with one attached hydrogen (secondary N) is 2. The van der Waals surface area contributed by atoms with E-state index in [1.54, 1.807) is 0 Å². The molecule has 2 N–H and O–H groups in total. The molecule has 0 spiro atoms. The van der Waals surface area contributed by atoms with Gasteiger partial charge in [0.05, 0.1) is 0 Å². The SMILES string of the molecule is c1ccc(C(CNc2ccc3nnnn3n2)c2c[nH]c3ccccc23)cc1. The standard InChI is InChI=1S/C20H17N7/c1-2-6-14(7-3-1)16(17-13-21-18-9-5-4-8-15(17)18)12-22-19-10-11-20-23-25-26-27(20)24-19/h1-11,13,16,21H,12H2,(H,22,24). The van der Waals surface area contributed by atoms with E-state index < -0.39 is 0 Å². The molecule has 1 atom stereocenters. The summed E-state index contributed by atoms with van der Waals surface area (Å²) in [5.74, 6) is 0.907. The summed E-state index contributed by atoms with van der Waals surface area (Å²) in [4.78, 5) is 3.38. The summed E-state index contributed by atoms with van der Waals surface area (Å²) in [6.45, 7) is 0.701. The van der Waals surface area contributed by atoms with Gasteiger partial charge in [0, 0.05) is 29.6 Å². The van der Waals surface area contributed by atoms with Crippen LogP contribution in [0.3, 0.4) is 0 Å². The molecule has 7 nitrogen and oxygen atoms in total. The number of H-pyrrole nitrogens is 1. The van der Waals surface area contributed by atoms with Crippen LogP contribution in [-0.2, 0) is 0 Å². The third-order valence-electron chi connectivity index (χ3n) is 4.76. The lowest BCUT2D eigenvalue weighted by molar-refractivity contribution is 0.731. The maximum atomic E-state index is 4.41. The second-order valence-electron chi connectivity index (χ2n) is 6.38. The average molecular weight is 355 g/mol. The van der Waals surface area contributed by atoms with E-state index in [1.165, 1.54) is 21.1 Å². The third kappa shape index (κ3) is 2.89. The van der Waals surface area contributed by atoms with Gasteiger partial charge < -0.3 is 10.3 Å². The van der Waals surface area contributed by atoms with Crippen molar-refractivity contribution in [2.75, 3.05) is 11.9 Å². The van der Waals surface area contributed by atoms with Gasteiger partial charge in [0.25, 0.3) is 0 Å². The number of aromatic nitrogens is 6. The molecule has 0 aliphatic carbocycles. The number of fused-ring (bicyclic) bond motifs is 2. The lowest BCUT2D eigenvalue weighted by Gasteiger charge is -2.18. The van der Waals surface area contributed by atoms with Crippen molar-refractivity contribution in [3.05, 3.63) is 84.1 Å². The third-order valence-corrected chi connectivity index (χ3v) is 4.76. The highest BCUT2D eigenvalue weighted by Gasteiger charge is 2.18. The predicted molar refractivity (Wildman–Crippen MR) is 104 cm³/mol. The van der Waals surface area contributed by atoms with E-state index in [9.17, 15) is 0 Å². The molecule has 3 heterocycles. The smallest absolute Gasteiger partial charge is 0.200 e. The van der Waals surface area contributed by atoms with Crippen LogP contribution < -0.4 is 5.32 Å². The van der Waals surface area contributed by atoms with Crippen molar-refractivity contribution >= 4 is 22.4 Å². The summed E-state index contributed by atoms with van der Waals surface area (Å²) >= 11 is 0. The Morgan fingerprint density at radius 2 is 1.81 bits per heavy atom. The Labute approximate surface area is 155 Å². The Morgan fingerprint density at radius 3 is 2.74 bits per heavy atom. The molecule has 7 heteroatoms. The van der Waals surface area contributed by atoms with E-state index in [1.807, 2.05) is 24.3 Å². The van der Waals surface area contributed by atoms with Crippen molar-refractivity contribution in [2.45, 2.75) is 5.92 Å². The minimum Gasteiger partial charge on any atom is -0.368 e. The van der Waals surface area contributed by atoms with Gasteiger partial charge in [-0.05, 0) is 39.8 Å². The second-order valence-corrected chi connectivity index (χ2v) is 6.38. The molecular weight excluding hydrogens is 338 g/mol. The Morgan fingerprint density at radius 1 is 0.963 bits per heavy atom. The number of rotatable bonds is 5. The molecular formula is C20H17N7. The van der Waals surface area contributed by atoms with Crippen molar-refractivity contribution in [3.63, 3.8) is 0 Å². The van der Waals surface area contributed by atoms with Gasteiger partial charge in [-0.25, -0.2) is 0 Å². The zero-order valence-corrected chi connectivity index (χ0v) is 14.4.